The predicted molar refractivity (Wildman–Crippen MR) is 58.1 cm³/mol. The molecule has 1 heterocycles. The van der Waals surface area contributed by atoms with Gasteiger partial charge in [-0.2, -0.15) is 5.26 Å². The Labute approximate surface area is 91.5 Å². The highest BCUT2D eigenvalue weighted by molar-refractivity contribution is 5.79. The Morgan fingerprint density at radius 2 is 2.27 bits per heavy atom. The number of carbonyl (C=O) groups excluding carboxylic acids is 1. The maximum atomic E-state index is 11.4. The fourth-order valence-electron chi connectivity index (χ4n) is 1.81. The normalized spacial score (nSPS) is 21.1. The first kappa shape index (κ1) is 12.0. The third-order valence-corrected chi connectivity index (χ3v) is 2.68. The van der Waals surface area contributed by atoms with Crippen LogP contribution in [0.2, 0.25) is 0 Å². The number of carbonyl (C=O) groups is 1. The van der Waals surface area contributed by atoms with Crippen LogP contribution in [0.15, 0.2) is 0 Å². The van der Waals surface area contributed by atoms with Crippen molar-refractivity contribution in [3.05, 3.63) is 0 Å². The molecule has 0 aromatic heterocycles. The summed E-state index contributed by atoms with van der Waals surface area (Å²) in [7, 11) is 4.10. The van der Waals surface area contributed by atoms with Crippen molar-refractivity contribution in [3.8, 4) is 6.07 Å². The summed E-state index contributed by atoms with van der Waals surface area (Å²) in [5, 5.41) is 8.71. The van der Waals surface area contributed by atoms with E-state index in [0.29, 0.717) is 13.0 Å². The molecule has 1 aliphatic heterocycles. The van der Waals surface area contributed by atoms with E-state index < -0.39 is 0 Å². The maximum Gasteiger partial charge on any atom is 0.224 e. The van der Waals surface area contributed by atoms with Crippen molar-refractivity contribution >= 4 is 5.91 Å². The lowest BCUT2D eigenvalue weighted by atomic mass is 10.1. The number of rotatable bonds is 5. The van der Waals surface area contributed by atoms with E-state index in [1.54, 1.807) is 0 Å². The molecule has 1 unspecified atom stereocenters. The summed E-state index contributed by atoms with van der Waals surface area (Å²) in [5.41, 5.74) is 0. The molecule has 1 aliphatic rings. The van der Waals surface area contributed by atoms with Gasteiger partial charge in [-0.1, -0.05) is 0 Å². The third kappa shape index (κ3) is 3.88. The monoisotopic (exact) mass is 209 g/mol. The first-order valence-electron chi connectivity index (χ1n) is 5.45. The molecule has 4 nitrogen and oxygen atoms in total. The second-order valence-electron chi connectivity index (χ2n) is 4.38. The molecular weight excluding hydrogens is 190 g/mol. The Morgan fingerprint density at radius 3 is 2.80 bits per heavy atom. The molecule has 0 aromatic carbocycles. The molecule has 0 spiro atoms. The van der Waals surface area contributed by atoms with Crippen molar-refractivity contribution in [2.75, 3.05) is 33.7 Å². The van der Waals surface area contributed by atoms with Crippen LogP contribution in [0.4, 0.5) is 0 Å². The molecule has 1 amide bonds. The average Bonchev–Trinajstić information content (AvgIpc) is 2.54. The molecule has 1 saturated heterocycles. The van der Waals surface area contributed by atoms with E-state index in [4.69, 9.17) is 5.26 Å². The Bertz CT molecular complexity index is 257. The molecule has 0 aliphatic carbocycles. The van der Waals surface area contributed by atoms with E-state index in [9.17, 15) is 4.79 Å². The minimum Gasteiger partial charge on any atom is -0.341 e. The molecule has 1 rings (SSSR count). The summed E-state index contributed by atoms with van der Waals surface area (Å²) < 4.78 is 0. The molecule has 0 aromatic rings. The molecule has 1 fully saturated rings. The number of nitrogens with zero attached hydrogens (tertiary/aromatic N) is 3. The second-order valence-corrected chi connectivity index (χ2v) is 4.38. The van der Waals surface area contributed by atoms with Crippen LogP contribution in [0.3, 0.4) is 0 Å². The van der Waals surface area contributed by atoms with Gasteiger partial charge in [0, 0.05) is 19.5 Å². The van der Waals surface area contributed by atoms with Crippen LogP contribution in [0, 0.1) is 17.2 Å². The van der Waals surface area contributed by atoms with Gasteiger partial charge in [0.2, 0.25) is 5.91 Å². The third-order valence-electron chi connectivity index (χ3n) is 2.68. The minimum absolute atomic E-state index is 0.0775. The van der Waals surface area contributed by atoms with Gasteiger partial charge in [0.15, 0.2) is 0 Å². The van der Waals surface area contributed by atoms with Crippen molar-refractivity contribution in [2.45, 2.75) is 19.3 Å². The Morgan fingerprint density at radius 1 is 1.53 bits per heavy atom. The summed E-state index contributed by atoms with van der Waals surface area (Å²) in [6, 6.07) is 2.16. The van der Waals surface area contributed by atoms with E-state index >= 15 is 0 Å². The van der Waals surface area contributed by atoms with Crippen LogP contribution in [0.25, 0.3) is 0 Å². The molecule has 84 valence electrons. The van der Waals surface area contributed by atoms with Gasteiger partial charge in [0.25, 0.3) is 0 Å². The molecule has 1 atom stereocenters. The standard InChI is InChI=1S/C11H19N3O/c1-13(2)5-3-4-6-14-9-10(8-12)7-11(14)15/h10H,3-7,9H2,1-2H3. The lowest BCUT2D eigenvalue weighted by Crippen LogP contribution is -2.27. The number of hydrogen-bond donors (Lipinski definition) is 0. The van der Waals surface area contributed by atoms with Gasteiger partial charge in [-0.15, -0.1) is 0 Å². The van der Waals surface area contributed by atoms with Gasteiger partial charge in [0.05, 0.1) is 12.0 Å². The number of hydrogen-bond acceptors (Lipinski definition) is 3. The highest BCUT2D eigenvalue weighted by atomic mass is 16.2. The van der Waals surface area contributed by atoms with Gasteiger partial charge in [-0.05, 0) is 33.5 Å². The zero-order valence-electron chi connectivity index (χ0n) is 9.57. The highest BCUT2D eigenvalue weighted by Crippen LogP contribution is 2.16. The van der Waals surface area contributed by atoms with Crippen LogP contribution < -0.4 is 0 Å². The molecule has 0 radical (unpaired) electrons. The SMILES string of the molecule is CN(C)CCCCN1CC(C#N)CC1=O. The van der Waals surface area contributed by atoms with Crippen LogP contribution >= 0.6 is 0 Å². The highest BCUT2D eigenvalue weighted by Gasteiger charge is 2.28. The van der Waals surface area contributed by atoms with E-state index in [2.05, 4.69) is 11.0 Å². The molecule has 0 saturated carbocycles. The Kier molecular flexibility index (Phi) is 4.57. The van der Waals surface area contributed by atoms with Crippen LogP contribution in [-0.4, -0.2) is 49.4 Å². The lowest BCUT2D eigenvalue weighted by molar-refractivity contribution is -0.127. The summed E-state index contributed by atoms with van der Waals surface area (Å²) in [4.78, 5) is 15.4. The molecule has 0 bridgehead atoms. The van der Waals surface area contributed by atoms with E-state index in [1.165, 1.54) is 0 Å². The predicted octanol–water partition coefficient (Wildman–Crippen LogP) is 0.700. The molecular formula is C11H19N3O. The van der Waals surface area contributed by atoms with Gasteiger partial charge in [-0.3, -0.25) is 4.79 Å². The summed E-state index contributed by atoms with van der Waals surface area (Å²) >= 11 is 0. The molecule has 4 heteroatoms. The van der Waals surface area contributed by atoms with Crippen molar-refractivity contribution in [3.63, 3.8) is 0 Å². The number of nitriles is 1. The Balaban J connectivity index is 2.17. The van der Waals surface area contributed by atoms with Crippen molar-refractivity contribution < 1.29 is 4.79 Å². The van der Waals surface area contributed by atoms with Gasteiger partial charge < -0.3 is 9.80 Å². The quantitative estimate of drug-likeness (QED) is 0.626. The molecule has 0 N–H and O–H groups in total. The van der Waals surface area contributed by atoms with Crippen LogP contribution in [0.5, 0.6) is 0 Å². The minimum atomic E-state index is -0.0775. The lowest BCUT2D eigenvalue weighted by Gasteiger charge is -2.16. The number of unbranched alkanes of at least 4 members (excludes halogenated alkanes) is 1. The number of likely N-dealkylation sites (tertiary alicyclic amines) is 1. The van der Waals surface area contributed by atoms with Gasteiger partial charge in [0.1, 0.15) is 0 Å². The second kappa shape index (κ2) is 5.72. The van der Waals surface area contributed by atoms with Crippen molar-refractivity contribution in [1.82, 2.24) is 9.80 Å². The van der Waals surface area contributed by atoms with Crippen LogP contribution in [-0.2, 0) is 4.79 Å². The Hall–Kier alpha value is -1.08. The average molecular weight is 209 g/mol. The smallest absolute Gasteiger partial charge is 0.224 e. The first-order chi connectivity index (χ1) is 7.13. The van der Waals surface area contributed by atoms with E-state index in [1.807, 2.05) is 19.0 Å². The summed E-state index contributed by atoms with van der Waals surface area (Å²) in [5.74, 6) is 0.0674. The summed E-state index contributed by atoms with van der Waals surface area (Å²) in [6.07, 6.45) is 2.56. The van der Waals surface area contributed by atoms with E-state index in [0.717, 1.165) is 25.9 Å². The van der Waals surface area contributed by atoms with Crippen molar-refractivity contribution in [1.29, 1.82) is 5.26 Å². The largest absolute Gasteiger partial charge is 0.341 e. The van der Waals surface area contributed by atoms with Gasteiger partial charge >= 0.3 is 0 Å². The fraction of sp³-hybridized carbons (Fsp3) is 0.818. The maximum absolute atomic E-state index is 11.4. The summed E-state index contributed by atoms with van der Waals surface area (Å²) in [6.45, 7) is 2.51. The van der Waals surface area contributed by atoms with Crippen molar-refractivity contribution in [2.24, 2.45) is 5.92 Å². The topological polar surface area (TPSA) is 47.3 Å². The van der Waals surface area contributed by atoms with Gasteiger partial charge in [-0.25, -0.2) is 0 Å². The van der Waals surface area contributed by atoms with Crippen LogP contribution in [0.1, 0.15) is 19.3 Å². The number of amides is 1. The fourth-order valence-corrected chi connectivity index (χ4v) is 1.81. The first-order valence-corrected chi connectivity index (χ1v) is 5.45. The van der Waals surface area contributed by atoms with E-state index in [-0.39, 0.29) is 11.8 Å². The molecule has 15 heavy (non-hydrogen) atoms. The zero-order chi connectivity index (χ0) is 11.3. The zero-order valence-corrected chi connectivity index (χ0v) is 9.57.